The van der Waals surface area contributed by atoms with Gasteiger partial charge in [-0.05, 0) is 6.42 Å². The van der Waals surface area contributed by atoms with E-state index in [0.717, 1.165) is 31.0 Å². The number of methoxy groups -OCH3 is 1. The summed E-state index contributed by atoms with van der Waals surface area (Å²) in [5, 5.41) is 10.4. The number of H-pyrrole nitrogens is 1. The lowest BCUT2D eigenvalue weighted by Crippen LogP contribution is -2.16. The Hall–Kier alpha value is -0.940. The second-order valence-electron chi connectivity index (χ2n) is 3.55. The Kier molecular flexibility index (Phi) is 2.79. The predicted molar refractivity (Wildman–Crippen MR) is 51.9 cm³/mol. The Morgan fingerprint density at radius 1 is 1.57 bits per heavy atom. The fraction of sp³-hybridized carbons (Fsp3) is 0.778. The van der Waals surface area contributed by atoms with Gasteiger partial charge >= 0.3 is 0 Å². The third-order valence-electron chi connectivity index (χ3n) is 2.62. The summed E-state index contributed by atoms with van der Waals surface area (Å²) in [4.78, 5) is 4.39. The quantitative estimate of drug-likeness (QED) is 0.735. The topological polar surface area (TPSA) is 62.8 Å². The molecule has 1 aromatic rings. The van der Waals surface area contributed by atoms with Crippen LogP contribution in [0.15, 0.2) is 0 Å². The number of ether oxygens (including phenoxy) is 1. The van der Waals surface area contributed by atoms with E-state index in [1.54, 1.807) is 7.11 Å². The summed E-state index contributed by atoms with van der Waals surface area (Å²) in [7, 11) is 1.74. The van der Waals surface area contributed by atoms with Crippen LogP contribution in [0, 0.1) is 0 Å². The van der Waals surface area contributed by atoms with Gasteiger partial charge in [-0.2, -0.15) is 5.10 Å². The van der Waals surface area contributed by atoms with E-state index in [1.807, 2.05) is 0 Å². The van der Waals surface area contributed by atoms with E-state index in [2.05, 4.69) is 27.4 Å². The number of nitrogens with one attached hydrogen (secondary N) is 2. The number of hydrogen-bond acceptors (Lipinski definition) is 4. The fourth-order valence-corrected chi connectivity index (χ4v) is 1.70. The van der Waals surface area contributed by atoms with Crippen LogP contribution in [0.25, 0.3) is 0 Å². The lowest BCUT2D eigenvalue weighted by Gasteiger charge is -2.04. The summed E-state index contributed by atoms with van der Waals surface area (Å²) < 4.78 is 5.27. The third-order valence-corrected chi connectivity index (χ3v) is 2.62. The molecular formula is C9H16N4O. The lowest BCUT2D eigenvalue weighted by molar-refractivity contribution is 0.117. The van der Waals surface area contributed by atoms with Gasteiger partial charge in [0.25, 0.3) is 0 Å². The van der Waals surface area contributed by atoms with Gasteiger partial charge < -0.3 is 10.1 Å². The standard InChI is InChI=1S/C9H16N4O/c1-3-8-11-9(13-12-8)7-4-6(14-2)5-10-7/h6-7,10H,3-5H2,1-2H3,(H,11,12,13). The normalized spacial score (nSPS) is 27.0. The van der Waals surface area contributed by atoms with Gasteiger partial charge in [-0.25, -0.2) is 4.98 Å². The van der Waals surface area contributed by atoms with Crippen molar-refractivity contribution in [2.45, 2.75) is 31.9 Å². The van der Waals surface area contributed by atoms with Gasteiger partial charge in [0.15, 0.2) is 5.82 Å². The minimum atomic E-state index is 0.247. The number of aryl methyl sites for hydroxylation is 1. The van der Waals surface area contributed by atoms with Gasteiger partial charge in [0.1, 0.15) is 5.82 Å². The highest BCUT2D eigenvalue weighted by atomic mass is 16.5. The number of aromatic nitrogens is 3. The molecule has 1 aliphatic heterocycles. The largest absolute Gasteiger partial charge is 0.380 e. The molecule has 1 fully saturated rings. The highest BCUT2D eigenvalue weighted by Gasteiger charge is 2.27. The molecule has 0 aromatic carbocycles. The number of hydrogen-bond donors (Lipinski definition) is 2. The van der Waals surface area contributed by atoms with Crippen molar-refractivity contribution >= 4 is 0 Å². The molecule has 1 aromatic heterocycles. The Morgan fingerprint density at radius 2 is 2.43 bits per heavy atom. The van der Waals surface area contributed by atoms with Crippen LogP contribution in [-0.4, -0.2) is 34.9 Å². The Balaban J connectivity index is 2.02. The zero-order valence-corrected chi connectivity index (χ0v) is 8.58. The summed E-state index contributed by atoms with van der Waals surface area (Å²) in [5.74, 6) is 1.81. The average Bonchev–Trinajstić information content (AvgIpc) is 2.86. The zero-order valence-electron chi connectivity index (χ0n) is 8.58. The maximum absolute atomic E-state index is 5.27. The smallest absolute Gasteiger partial charge is 0.167 e. The van der Waals surface area contributed by atoms with Crippen molar-refractivity contribution in [1.82, 2.24) is 20.5 Å². The van der Waals surface area contributed by atoms with E-state index in [9.17, 15) is 0 Å². The SMILES string of the molecule is CCc1nc(C2CC(OC)CN2)n[nH]1. The average molecular weight is 196 g/mol. The van der Waals surface area contributed by atoms with Gasteiger partial charge in [0, 0.05) is 20.1 Å². The van der Waals surface area contributed by atoms with Crippen LogP contribution in [0.5, 0.6) is 0 Å². The molecule has 2 rings (SSSR count). The Morgan fingerprint density at radius 3 is 3.00 bits per heavy atom. The molecule has 0 spiro atoms. The van der Waals surface area contributed by atoms with Gasteiger partial charge in [-0.3, -0.25) is 5.10 Å². The molecule has 0 saturated carbocycles. The van der Waals surface area contributed by atoms with Crippen LogP contribution in [0.2, 0.25) is 0 Å². The van der Waals surface area contributed by atoms with Crippen LogP contribution in [-0.2, 0) is 11.2 Å². The number of rotatable bonds is 3. The van der Waals surface area contributed by atoms with Crippen LogP contribution < -0.4 is 5.32 Å². The van der Waals surface area contributed by atoms with Crippen molar-refractivity contribution < 1.29 is 4.74 Å². The fourth-order valence-electron chi connectivity index (χ4n) is 1.70. The third kappa shape index (κ3) is 1.78. The molecule has 2 heterocycles. The van der Waals surface area contributed by atoms with Crippen molar-refractivity contribution in [1.29, 1.82) is 0 Å². The molecule has 0 radical (unpaired) electrons. The van der Waals surface area contributed by atoms with Gasteiger partial charge in [0.2, 0.25) is 0 Å². The van der Waals surface area contributed by atoms with Crippen molar-refractivity contribution in [3.63, 3.8) is 0 Å². The Labute approximate surface area is 83.3 Å². The molecule has 14 heavy (non-hydrogen) atoms. The van der Waals surface area contributed by atoms with Crippen molar-refractivity contribution in [3.05, 3.63) is 11.6 Å². The summed E-state index contributed by atoms with van der Waals surface area (Å²) >= 11 is 0. The predicted octanol–water partition coefficient (Wildman–Crippen LogP) is 0.416. The molecule has 0 aliphatic carbocycles. The van der Waals surface area contributed by atoms with E-state index < -0.39 is 0 Å². The Bertz CT molecular complexity index is 299. The van der Waals surface area contributed by atoms with Crippen molar-refractivity contribution in [3.8, 4) is 0 Å². The van der Waals surface area contributed by atoms with E-state index in [-0.39, 0.29) is 6.04 Å². The molecule has 5 nitrogen and oxygen atoms in total. The first kappa shape index (κ1) is 9.61. The summed E-state index contributed by atoms with van der Waals surface area (Å²) in [6.07, 6.45) is 2.15. The van der Waals surface area contributed by atoms with E-state index in [1.165, 1.54) is 0 Å². The minimum absolute atomic E-state index is 0.247. The van der Waals surface area contributed by atoms with E-state index >= 15 is 0 Å². The summed E-state index contributed by atoms with van der Waals surface area (Å²) in [6.45, 7) is 2.95. The molecule has 2 unspecified atom stereocenters. The highest BCUT2D eigenvalue weighted by Crippen LogP contribution is 2.21. The van der Waals surface area contributed by atoms with Crippen LogP contribution >= 0.6 is 0 Å². The molecule has 1 aliphatic rings. The maximum atomic E-state index is 5.27. The van der Waals surface area contributed by atoms with Gasteiger partial charge in [-0.1, -0.05) is 6.92 Å². The molecule has 2 N–H and O–H groups in total. The molecular weight excluding hydrogens is 180 g/mol. The molecule has 5 heteroatoms. The van der Waals surface area contributed by atoms with Crippen molar-refractivity contribution in [2.75, 3.05) is 13.7 Å². The first-order valence-electron chi connectivity index (χ1n) is 5.00. The molecule has 78 valence electrons. The zero-order chi connectivity index (χ0) is 9.97. The first-order chi connectivity index (χ1) is 6.83. The van der Waals surface area contributed by atoms with Crippen LogP contribution in [0.3, 0.4) is 0 Å². The number of nitrogens with zero attached hydrogens (tertiary/aromatic N) is 2. The monoisotopic (exact) mass is 196 g/mol. The van der Waals surface area contributed by atoms with Crippen molar-refractivity contribution in [2.24, 2.45) is 0 Å². The first-order valence-corrected chi connectivity index (χ1v) is 5.00. The second kappa shape index (κ2) is 4.06. The molecule has 0 amide bonds. The summed E-state index contributed by atoms with van der Waals surface area (Å²) in [5.41, 5.74) is 0. The van der Waals surface area contributed by atoms with E-state index in [4.69, 9.17) is 4.74 Å². The van der Waals surface area contributed by atoms with Crippen LogP contribution in [0.4, 0.5) is 0 Å². The molecule has 0 bridgehead atoms. The highest BCUT2D eigenvalue weighted by molar-refractivity contribution is 5.00. The van der Waals surface area contributed by atoms with Gasteiger partial charge in [0.05, 0.1) is 12.1 Å². The molecule has 1 saturated heterocycles. The minimum Gasteiger partial charge on any atom is -0.380 e. The second-order valence-corrected chi connectivity index (χ2v) is 3.55. The van der Waals surface area contributed by atoms with E-state index in [0.29, 0.717) is 6.10 Å². The van der Waals surface area contributed by atoms with Gasteiger partial charge in [-0.15, -0.1) is 0 Å². The van der Waals surface area contributed by atoms with Crippen LogP contribution in [0.1, 0.15) is 31.0 Å². The lowest BCUT2D eigenvalue weighted by atomic mass is 10.2. The number of aromatic amines is 1. The summed E-state index contributed by atoms with van der Waals surface area (Å²) in [6, 6.07) is 0.247. The maximum Gasteiger partial charge on any atom is 0.167 e. The molecule has 2 atom stereocenters.